The lowest BCUT2D eigenvalue weighted by Gasteiger charge is -2.38. The second-order valence-corrected chi connectivity index (χ2v) is 15.4. The number of benzene rings is 1. The number of nitrogens with zero attached hydrogens (tertiary/aromatic N) is 2. The van der Waals surface area contributed by atoms with Crippen molar-refractivity contribution in [3.8, 4) is 11.5 Å². The fourth-order valence-electron chi connectivity index (χ4n) is 7.88. The largest absolute Gasteiger partial charge is 0.497 e. The van der Waals surface area contributed by atoms with Crippen LogP contribution in [0.4, 0.5) is 9.18 Å². The molecule has 6 atom stereocenters. The molecule has 3 amide bonds. The predicted molar refractivity (Wildman–Crippen MR) is 191 cm³/mol. The highest BCUT2D eigenvalue weighted by molar-refractivity contribution is 5.97. The van der Waals surface area contributed by atoms with Crippen molar-refractivity contribution in [1.82, 2.24) is 20.5 Å². The molecule has 12 nitrogen and oxygen atoms in total. The van der Waals surface area contributed by atoms with E-state index in [4.69, 9.17) is 23.9 Å². The quantitative estimate of drug-likeness (QED) is 0.289. The molecular formula is C39H51FN4O8. The zero-order valence-electron chi connectivity index (χ0n) is 31.0. The number of hydrogen-bond donors (Lipinski definition) is 2. The number of methoxy groups -OCH3 is 1. The number of carbonyl (C=O) groups is 4. The SMILES string of the molecule is CCOC(=O)[C@@]12C[C@H]1/C=C\CCCCC[C@H](NC(=O)OC(C)(C)C)C(=O)N1C[C@@]3(C[C@@H](F)c4c(c(CC)nc5ccc(OC)cc45)O3)C[C@H]1C(=O)N2. The van der Waals surface area contributed by atoms with E-state index in [0.717, 1.165) is 19.3 Å². The number of carbonyl (C=O) groups excluding carboxylic acids is 4. The van der Waals surface area contributed by atoms with Crippen LogP contribution in [0.25, 0.3) is 10.9 Å². The van der Waals surface area contributed by atoms with Gasteiger partial charge in [-0.1, -0.05) is 31.9 Å². The molecule has 0 bridgehead atoms. The van der Waals surface area contributed by atoms with Gasteiger partial charge in [0.15, 0.2) is 0 Å². The van der Waals surface area contributed by atoms with Crippen molar-refractivity contribution < 1.29 is 42.5 Å². The number of pyridine rings is 1. The van der Waals surface area contributed by atoms with Gasteiger partial charge in [0, 0.05) is 29.7 Å². The Morgan fingerprint density at radius 3 is 2.63 bits per heavy atom. The summed E-state index contributed by atoms with van der Waals surface area (Å²) in [5, 5.41) is 6.30. The first-order chi connectivity index (χ1) is 24.7. The van der Waals surface area contributed by atoms with Gasteiger partial charge in [-0.15, -0.1) is 0 Å². The van der Waals surface area contributed by atoms with Crippen LogP contribution in [-0.2, 0) is 30.3 Å². The van der Waals surface area contributed by atoms with Crippen molar-refractivity contribution in [1.29, 1.82) is 0 Å². The highest BCUT2D eigenvalue weighted by Gasteiger charge is 2.63. The van der Waals surface area contributed by atoms with Crippen LogP contribution in [0.2, 0.25) is 0 Å². The summed E-state index contributed by atoms with van der Waals surface area (Å²) < 4.78 is 39.9. The number of rotatable bonds is 5. The lowest BCUT2D eigenvalue weighted by atomic mass is 9.85. The molecule has 2 aromatic rings. The van der Waals surface area contributed by atoms with E-state index < -0.39 is 58.9 Å². The summed E-state index contributed by atoms with van der Waals surface area (Å²) in [6, 6.07) is 3.15. The van der Waals surface area contributed by atoms with Gasteiger partial charge >= 0.3 is 12.1 Å². The Hall–Kier alpha value is -4.42. The van der Waals surface area contributed by atoms with E-state index >= 15 is 4.39 Å². The maximum Gasteiger partial charge on any atom is 0.408 e. The Bertz CT molecular complexity index is 1760. The molecule has 1 saturated carbocycles. The molecule has 1 saturated heterocycles. The van der Waals surface area contributed by atoms with Crippen LogP contribution < -0.4 is 20.1 Å². The van der Waals surface area contributed by atoms with Crippen molar-refractivity contribution in [2.75, 3.05) is 20.3 Å². The van der Waals surface area contributed by atoms with E-state index in [1.807, 2.05) is 19.1 Å². The number of nitrogens with one attached hydrogen (secondary N) is 2. The van der Waals surface area contributed by atoms with Crippen LogP contribution in [0.15, 0.2) is 30.4 Å². The summed E-state index contributed by atoms with van der Waals surface area (Å²) in [6.07, 6.45) is 5.68. The molecule has 0 unspecified atom stereocenters. The maximum absolute atomic E-state index is 16.8. The summed E-state index contributed by atoms with van der Waals surface area (Å²) in [7, 11) is 1.54. The molecule has 6 rings (SSSR count). The van der Waals surface area contributed by atoms with Gasteiger partial charge in [0.1, 0.15) is 46.5 Å². The second-order valence-electron chi connectivity index (χ2n) is 15.4. The van der Waals surface area contributed by atoms with E-state index in [1.165, 1.54) is 4.90 Å². The molecule has 1 aromatic heterocycles. The number of aromatic nitrogens is 1. The van der Waals surface area contributed by atoms with Crippen molar-refractivity contribution in [2.45, 2.75) is 127 Å². The Morgan fingerprint density at radius 2 is 1.92 bits per heavy atom. The molecule has 282 valence electrons. The van der Waals surface area contributed by atoms with Crippen LogP contribution >= 0.6 is 0 Å². The van der Waals surface area contributed by atoms with Crippen molar-refractivity contribution in [3.63, 3.8) is 0 Å². The Balaban J connectivity index is 1.40. The van der Waals surface area contributed by atoms with Gasteiger partial charge in [-0.3, -0.25) is 9.59 Å². The molecule has 0 radical (unpaired) electrons. The molecule has 1 aromatic carbocycles. The average Bonchev–Trinajstić information content (AvgIpc) is 3.67. The molecule has 1 aliphatic carbocycles. The number of amides is 3. The van der Waals surface area contributed by atoms with Crippen LogP contribution in [0.5, 0.6) is 11.5 Å². The van der Waals surface area contributed by atoms with Crippen LogP contribution in [0.1, 0.15) is 103 Å². The van der Waals surface area contributed by atoms with E-state index in [9.17, 15) is 19.2 Å². The number of fused-ring (bicyclic) bond motifs is 5. The van der Waals surface area contributed by atoms with Gasteiger partial charge in [0.05, 0.1) is 31.5 Å². The fourth-order valence-corrected chi connectivity index (χ4v) is 7.88. The summed E-state index contributed by atoms with van der Waals surface area (Å²) >= 11 is 0. The van der Waals surface area contributed by atoms with Gasteiger partial charge in [0.2, 0.25) is 11.8 Å². The number of hydrogen-bond acceptors (Lipinski definition) is 9. The third-order valence-electron chi connectivity index (χ3n) is 10.5. The zero-order valence-corrected chi connectivity index (χ0v) is 31.0. The second kappa shape index (κ2) is 14.5. The number of ether oxygens (including phenoxy) is 4. The van der Waals surface area contributed by atoms with E-state index in [0.29, 0.717) is 59.3 Å². The number of allylic oxidation sites excluding steroid dienone is 1. The molecule has 1 spiro atoms. The first-order valence-electron chi connectivity index (χ1n) is 18.5. The molecule has 13 heteroatoms. The minimum Gasteiger partial charge on any atom is -0.497 e. The number of aryl methyl sites for hydroxylation is 1. The monoisotopic (exact) mass is 722 g/mol. The topological polar surface area (TPSA) is 145 Å². The molecule has 2 fully saturated rings. The highest BCUT2D eigenvalue weighted by Crippen LogP contribution is 2.51. The molecule has 4 heterocycles. The summed E-state index contributed by atoms with van der Waals surface area (Å²) in [6.45, 7) is 8.84. The van der Waals surface area contributed by atoms with Crippen molar-refractivity contribution in [3.05, 3.63) is 41.6 Å². The normalized spacial score (nSPS) is 29.7. The summed E-state index contributed by atoms with van der Waals surface area (Å²) in [4.78, 5) is 61.7. The van der Waals surface area contributed by atoms with Crippen LogP contribution in [-0.4, -0.2) is 82.8 Å². The number of esters is 1. The standard InChI is InChI=1S/C39H51FN4O8/c1-7-27-32-31(25-18-24(49-6)16-17-28(25)41-27)26(40)20-38(51-32)21-30-33(45)43-39(35(47)50-8-2)19-23(39)14-12-10-9-11-13-15-29(34(46)44(30)22-38)42-36(48)52-37(3,4)5/h12,14,16-18,23,26,29-30H,7-11,13,15,19-22H2,1-6H3,(H,42,48)(H,43,45)/b14-12-/t23-,26-,29+,30+,38-,39-/m1/s1. The fraction of sp³-hybridized carbons (Fsp3) is 0.615. The number of alkyl carbamates (subject to hydrolysis) is 1. The molecule has 4 aliphatic rings. The first kappa shape index (κ1) is 37.3. The van der Waals surface area contributed by atoms with E-state index in [-0.39, 0.29) is 31.9 Å². The molecule has 2 N–H and O–H groups in total. The lowest BCUT2D eigenvalue weighted by molar-refractivity contribution is -0.150. The third-order valence-corrected chi connectivity index (χ3v) is 10.5. The number of alkyl halides is 1. The minimum absolute atomic E-state index is 0.0394. The molecular weight excluding hydrogens is 671 g/mol. The first-order valence-corrected chi connectivity index (χ1v) is 18.5. The third kappa shape index (κ3) is 7.41. The van der Waals surface area contributed by atoms with Gasteiger partial charge in [-0.25, -0.2) is 19.0 Å². The van der Waals surface area contributed by atoms with Gasteiger partial charge in [0.25, 0.3) is 0 Å². The van der Waals surface area contributed by atoms with Crippen LogP contribution in [0, 0.1) is 5.92 Å². The molecule has 52 heavy (non-hydrogen) atoms. The Kier molecular flexibility index (Phi) is 10.4. The Labute approximate surface area is 304 Å². The smallest absolute Gasteiger partial charge is 0.408 e. The van der Waals surface area contributed by atoms with Crippen molar-refractivity contribution in [2.24, 2.45) is 5.92 Å². The summed E-state index contributed by atoms with van der Waals surface area (Å²) in [5.41, 5.74) is -1.84. The maximum atomic E-state index is 16.8. The predicted octanol–water partition coefficient (Wildman–Crippen LogP) is 5.79. The van der Waals surface area contributed by atoms with Crippen LogP contribution in [0.3, 0.4) is 0 Å². The van der Waals surface area contributed by atoms with Gasteiger partial charge in [-0.05, 0) is 78.0 Å². The summed E-state index contributed by atoms with van der Waals surface area (Å²) in [5.74, 6) is -1.02. The average molecular weight is 723 g/mol. The van der Waals surface area contributed by atoms with E-state index in [2.05, 4.69) is 10.6 Å². The minimum atomic E-state index is -1.51. The lowest BCUT2D eigenvalue weighted by Crippen LogP contribution is -2.57. The van der Waals surface area contributed by atoms with Gasteiger partial charge < -0.3 is 34.5 Å². The van der Waals surface area contributed by atoms with Gasteiger partial charge in [-0.2, -0.15) is 0 Å². The molecule has 3 aliphatic heterocycles. The Morgan fingerprint density at radius 1 is 1.13 bits per heavy atom. The highest BCUT2D eigenvalue weighted by atomic mass is 19.1. The number of halogens is 1. The van der Waals surface area contributed by atoms with Crippen molar-refractivity contribution >= 4 is 34.8 Å². The zero-order chi connectivity index (χ0) is 37.4. The van der Waals surface area contributed by atoms with E-state index in [1.54, 1.807) is 53.0 Å².